The van der Waals surface area contributed by atoms with Gasteiger partial charge >= 0.3 is 0 Å². The molecule has 0 saturated carbocycles. The molecule has 0 aliphatic carbocycles. The Morgan fingerprint density at radius 3 is 1.69 bits per heavy atom. The minimum absolute atomic E-state index is 0.0375. The smallest absolute Gasteiger partial charge is 0.252 e. The van der Waals surface area contributed by atoms with Crippen LogP contribution in [0.1, 0.15) is 38.7 Å². The maximum absolute atomic E-state index is 9.90. The molecular formula is C58H45BN2Si. The van der Waals surface area contributed by atoms with Gasteiger partial charge in [0.25, 0.3) is 6.71 Å². The molecule has 0 N–H and O–H groups in total. The first kappa shape index (κ1) is 28.4. The second-order valence-electron chi connectivity index (χ2n) is 17.4. The van der Waals surface area contributed by atoms with Crippen molar-refractivity contribution in [2.24, 2.45) is 0 Å². The van der Waals surface area contributed by atoms with Crippen LogP contribution in [0.2, 0.25) is 0 Å². The van der Waals surface area contributed by atoms with E-state index in [0.717, 1.165) is 50.3 Å². The van der Waals surface area contributed by atoms with E-state index in [0.29, 0.717) is 11.2 Å². The lowest BCUT2D eigenvalue weighted by molar-refractivity contribution is 0.590. The minimum Gasteiger partial charge on any atom is -0.311 e. The number of hydrogen-bond donors (Lipinski definition) is 0. The fourth-order valence-corrected chi connectivity index (χ4v) is 15.6. The topological polar surface area (TPSA) is 6.48 Å². The molecule has 3 heterocycles. The lowest BCUT2D eigenvalue weighted by Crippen LogP contribution is -2.73. The first-order valence-electron chi connectivity index (χ1n) is 25.6. The van der Waals surface area contributed by atoms with Crippen molar-refractivity contribution >= 4 is 86.0 Å². The summed E-state index contributed by atoms with van der Waals surface area (Å²) in [5.41, 5.74) is 9.29. The highest BCUT2D eigenvalue weighted by molar-refractivity contribution is 7.22. The van der Waals surface area contributed by atoms with Crippen LogP contribution in [0, 0.1) is 0 Å². The van der Waals surface area contributed by atoms with Crippen LogP contribution in [0.25, 0.3) is 22.3 Å². The van der Waals surface area contributed by atoms with Crippen molar-refractivity contribution in [3.63, 3.8) is 0 Å². The largest absolute Gasteiger partial charge is 0.311 e. The third kappa shape index (κ3) is 5.36. The van der Waals surface area contributed by atoms with Crippen LogP contribution in [-0.4, -0.2) is 14.8 Å². The molecule has 62 heavy (non-hydrogen) atoms. The summed E-state index contributed by atoms with van der Waals surface area (Å²) in [5, 5.41) is 4.91. The summed E-state index contributed by atoms with van der Waals surface area (Å²) in [6, 6.07) is 53.2. The van der Waals surface area contributed by atoms with Gasteiger partial charge < -0.3 is 9.80 Å². The Kier molecular flexibility index (Phi) is 6.39. The van der Waals surface area contributed by atoms with Gasteiger partial charge in [0.05, 0.1) is 12.3 Å². The molecule has 9 aromatic carbocycles. The average molecular weight is 818 g/mol. The quantitative estimate of drug-likeness (QED) is 0.160. The van der Waals surface area contributed by atoms with Crippen molar-refractivity contribution in [3.05, 3.63) is 224 Å². The molecule has 0 fully saturated rings. The lowest BCUT2D eigenvalue weighted by Gasteiger charge is -2.45. The predicted molar refractivity (Wildman–Crippen MR) is 267 cm³/mol. The normalized spacial score (nSPS) is 16.1. The number of anilines is 6. The van der Waals surface area contributed by atoms with Crippen molar-refractivity contribution in [2.75, 3.05) is 9.80 Å². The van der Waals surface area contributed by atoms with Crippen molar-refractivity contribution in [3.8, 4) is 22.3 Å². The molecule has 0 saturated heterocycles. The molecule has 9 aromatic rings. The second-order valence-corrected chi connectivity index (χ2v) is 21.1. The SMILES string of the molecule is [2H]c1c([2H])c([2H])c(N2c3cc(-c4ccc(C(C)(C)C)cc4)cc4c3B(c3cc5c(cc3N4c3ccccc3)[Si](c3ccccc3)(c3ccccc3)c3ccccc3-5)c3c([2H])c([2H])c([2H])c([2H])c32)c([2H])c1[2H]. The van der Waals surface area contributed by atoms with Crippen LogP contribution in [0.3, 0.4) is 0 Å². The number of hydrogen-bond acceptors (Lipinski definition) is 2. The standard InChI is InChI=1S/C58H45BN2Si/c1-58(2,3)42-34-32-40(33-35-42)41-36-53-57-54(37-41)61(44-22-10-5-11-23-44)52-39-56-48(38-50(52)59(57)49-29-17-18-30-51(49)60(53)43-20-8-4-9-21-43)47-28-16-19-31-55(47)62(56,45-24-12-6-13-25-45)46-26-14-7-15-27-46/h4-39H,1-3H3/i4D,8D,9D,17D,18D,20D,21D,29D,30D. The van der Waals surface area contributed by atoms with Gasteiger partial charge in [0, 0.05) is 34.1 Å². The number of nitrogens with zero attached hydrogens (tertiary/aromatic N) is 2. The van der Waals surface area contributed by atoms with Gasteiger partial charge in [-0.25, -0.2) is 0 Å². The van der Waals surface area contributed by atoms with Crippen molar-refractivity contribution in [2.45, 2.75) is 26.2 Å². The van der Waals surface area contributed by atoms with E-state index >= 15 is 0 Å². The molecule has 0 amide bonds. The Morgan fingerprint density at radius 2 is 1.03 bits per heavy atom. The molecule has 0 radical (unpaired) electrons. The van der Waals surface area contributed by atoms with Gasteiger partial charge in [0.15, 0.2) is 8.07 Å². The molecule has 2 nitrogen and oxygen atoms in total. The van der Waals surface area contributed by atoms with Gasteiger partial charge in [-0.1, -0.05) is 190 Å². The van der Waals surface area contributed by atoms with Crippen molar-refractivity contribution < 1.29 is 12.3 Å². The molecule has 12 rings (SSSR count). The van der Waals surface area contributed by atoms with Gasteiger partial charge in [-0.05, 0) is 119 Å². The van der Waals surface area contributed by atoms with E-state index in [1.165, 1.54) is 25.6 Å². The van der Waals surface area contributed by atoms with Gasteiger partial charge in [0.2, 0.25) is 0 Å². The van der Waals surface area contributed by atoms with Crippen LogP contribution < -0.4 is 46.9 Å². The van der Waals surface area contributed by atoms with E-state index in [2.05, 4.69) is 165 Å². The third-order valence-corrected chi connectivity index (χ3v) is 17.9. The highest BCUT2D eigenvalue weighted by Crippen LogP contribution is 2.47. The van der Waals surface area contributed by atoms with Crippen LogP contribution in [0.5, 0.6) is 0 Å². The second kappa shape index (κ2) is 14.0. The van der Waals surface area contributed by atoms with Gasteiger partial charge in [0.1, 0.15) is 0 Å². The summed E-state index contributed by atoms with van der Waals surface area (Å²) in [5.74, 6) is 0. The monoisotopic (exact) mass is 817 g/mol. The predicted octanol–water partition coefficient (Wildman–Crippen LogP) is 10.1. The molecule has 0 aromatic heterocycles. The van der Waals surface area contributed by atoms with E-state index in [1.54, 1.807) is 0 Å². The first-order chi connectivity index (χ1) is 34.1. The third-order valence-electron chi connectivity index (χ3n) is 13.1. The molecule has 4 heteroatoms. The maximum Gasteiger partial charge on any atom is 0.252 e. The molecule has 294 valence electrons. The summed E-state index contributed by atoms with van der Waals surface area (Å²) in [6.45, 7) is 5.70. The molecule has 0 bridgehead atoms. The summed E-state index contributed by atoms with van der Waals surface area (Å²) < 4.78 is 83.4. The Hall–Kier alpha value is -7.14. The zero-order chi connectivity index (χ0) is 49.4. The summed E-state index contributed by atoms with van der Waals surface area (Å²) >= 11 is 0. The molecule has 0 spiro atoms. The zero-order valence-electron chi connectivity index (χ0n) is 43.6. The molecule has 3 aliphatic rings. The summed E-state index contributed by atoms with van der Waals surface area (Å²) in [4.78, 5) is 3.78. The molecule has 3 aliphatic heterocycles. The van der Waals surface area contributed by atoms with E-state index in [1.807, 2.05) is 24.3 Å². The van der Waals surface area contributed by atoms with Gasteiger partial charge in [-0.15, -0.1) is 0 Å². The Labute approximate surface area is 379 Å². The molecule has 0 unspecified atom stereocenters. The van der Waals surface area contributed by atoms with Crippen LogP contribution in [-0.2, 0) is 5.41 Å². The summed E-state index contributed by atoms with van der Waals surface area (Å²) in [7, 11) is -3.06. The first-order valence-corrected chi connectivity index (χ1v) is 23.1. The maximum atomic E-state index is 9.90. The molecular weight excluding hydrogens is 764 g/mol. The zero-order valence-corrected chi connectivity index (χ0v) is 35.6. The van der Waals surface area contributed by atoms with E-state index < -0.39 is 57.1 Å². The number of para-hydroxylation sites is 3. The minimum atomic E-state index is -3.06. The van der Waals surface area contributed by atoms with Gasteiger partial charge in [-0.3, -0.25) is 0 Å². The van der Waals surface area contributed by atoms with Gasteiger partial charge in [-0.2, -0.15) is 0 Å². The molecule has 0 atom stereocenters. The van der Waals surface area contributed by atoms with Crippen LogP contribution in [0.15, 0.2) is 218 Å². The van der Waals surface area contributed by atoms with E-state index in [9.17, 15) is 6.85 Å². The summed E-state index contributed by atoms with van der Waals surface area (Å²) in [6.07, 6.45) is 0. The van der Waals surface area contributed by atoms with Crippen LogP contribution in [0.4, 0.5) is 34.1 Å². The Balaban J connectivity index is 1.27. The van der Waals surface area contributed by atoms with E-state index in [-0.39, 0.29) is 34.3 Å². The Morgan fingerprint density at radius 1 is 0.452 bits per heavy atom. The van der Waals surface area contributed by atoms with Crippen LogP contribution >= 0.6 is 0 Å². The number of rotatable bonds is 5. The fraction of sp³-hybridized carbons (Fsp3) is 0.0690. The number of benzene rings is 9. The van der Waals surface area contributed by atoms with Crippen molar-refractivity contribution in [1.82, 2.24) is 0 Å². The lowest BCUT2D eigenvalue weighted by atomic mass is 9.33. The highest BCUT2D eigenvalue weighted by Gasteiger charge is 2.51. The number of fused-ring (bicyclic) bond motifs is 7. The van der Waals surface area contributed by atoms with E-state index in [4.69, 9.17) is 5.48 Å². The van der Waals surface area contributed by atoms with Crippen molar-refractivity contribution in [1.29, 1.82) is 0 Å². The fourth-order valence-electron chi connectivity index (χ4n) is 10.4. The Bertz CT molecular complexity index is 3630. The average Bonchev–Trinajstić information content (AvgIpc) is 3.68. The highest BCUT2D eigenvalue weighted by atomic mass is 28.3.